The third-order valence-electron chi connectivity index (χ3n) is 3.87. The van der Waals surface area contributed by atoms with E-state index in [1.807, 2.05) is 24.3 Å². The molecule has 1 N–H and O–H groups in total. The molecule has 1 aliphatic heterocycles. The number of benzene rings is 1. The first-order valence-electron chi connectivity index (χ1n) is 7.75. The van der Waals surface area contributed by atoms with Crippen molar-refractivity contribution in [2.45, 2.75) is 39.3 Å². The van der Waals surface area contributed by atoms with Gasteiger partial charge in [0, 0.05) is 13.1 Å². The Bertz CT molecular complexity index is 474. The summed E-state index contributed by atoms with van der Waals surface area (Å²) in [5.74, 6) is 1.57. The average molecular weight is 290 g/mol. The number of carbonyl (C=O) groups is 1. The van der Waals surface area contributed by atoms with Crippen molar-refractivity contribution in [2.24, 2.45) is 5.92 Å². The molecule has 1 amide bonds. The summed E-state index contributed by atoms with van der Waals surface area (Å²) < 4.78 is 5.20. The van der Waals surface area contributed by atoms with Gasteiger partial charge < -0.3 is 10.1 Å². The van der Waals surface area contributed by atoms with Crippen LogP contribution >= 0.6 is 0 Å². The van der Waals surface area contributed by atoms with Gasteiger partial charge in [-0.25, -0.2) is 0 Å². The minimum atomic E-state index is 0.0398. The predicted molar refractivity (Wildman–Crippen MR) is 84.3 cm³/mol. The number of nitrogens with zero attached hydrogens (tertiary/aromatic N) is 1. The molecule has 0 bridgehead atoms. The maximum Gasteiger partial charge on any atom is 0.237 e. The minimum absolute atomic E-state index is 0.0398. The van der Waals surface area contributed by atoms with Crippen LogP contribution in [-0.4, -0.2) is 37.0 Å². The van der Waals surface area contributed by atoms with Gasteiger partial charge in [-0.1, -0.05) is 26.0 Å². The summed E-state index contributed by atoms with van der Waals surface area (Å²) in [6, 6.07) is 7.86. The van der Waals surface area contributed by atoms with Crippen LogP contribution in [0.15, 0.2) is 24.3 Å². The fraction of sp³-hybridized carbons (Fsp3) is 0.588. The Morgan fingerprint density at radius 1 is 1.48 bits per heavy atom. The fourth-order valence-electron chi connectivity index (χ4n) is 2.90. The summed E-state index contributed by atoms with van der Waals surface area (Å²) in [4.78, 5) is 14.7. The number of amides is 1. The first-order valence-corrected chi connectivity index (χ1v) is 7.75. The van der Waals surface area contributed by atoms with Crippen molar-refractivity contribution < 1.29 is 9.53 Å². The van der Waals surface area contributed by atoms with E-state index in [4.69, 9.17) is 4.74 Å². The molecule has 0 aromatic heterocycles. The quantitative estimate of drug-likeness (QED) is 0.875. The summed E-state index contributed by atoms with van der Waals surface area (Å²) in [7, 11) is 1.65. The molecule has 1 fully saturated rings. The number of methoxy groups -OCH3 is 1. The van der Waals surface area contributed by atoms with E-state index in [1.54, 1.807) is 7.11 Å². The molecule has 1 saturated heterocycles. The maximum atomic E-state index is 12.4. The van der Waals surface area contributed by atoms with Gasteiger partial charge >= 0.3 is 0 Å². The molecule has 1 aromatic carbocycles. The third-order valence-corrected chi connectivity index (χ3v) is 3.87. The summed E-state index contributed by atoms with van der Waals surface area (Å²) in [5.41, 5.74) is 1.07. The lowest BCUT2D eigenvalue weighted by molar-refractivity contribution is -0.125. The van der Waals surface area contributed by atoms with Gasteiger partial charge in [0.2, 0.25) is 5.91 Å². The zero-order valence-electron chi connectivity index (χ0n) is 13.3. The molecule has 0 saturated carbocycles. The van der Waals surface area contributed by atoms with Crippen molar-refractivity contribution in [3.63, 3.8) is 0 Å². The molecule has 2 rings (SSSR count). The van der Waals surface area contributed by atoms with E-state index in [1.165, 1.54) is 0 Å². The second-order valence-corrected chi connectivity index (χ2v) is 6.12. The van der Waals surface area contributed by atoms with Gasteiger partial charge in [-0.2, -0.15) is 0 Å². The monoisotopic (exact) mass is 290 g/mol. The number of carbonyl (C=O) groups excluding carboxylic acids is 1. The number of rotatable bonds is 6. The minimum Gasteiger partial charge on any atom is -0.497 e. The van der Waals surface area contributed by atoms with E-state index in [0.29, 0.717) is 12.5 Å². The lowest BCUT2D eigenvalue weighted by Crippen LogP contribution is -2.44. The molecule has 0 unspecified atom stereocenters. The molecule has 0 radical (unpaired) electrons. The van der Waals surface area contributed by atoms with Crippen molar-refractivity contribution in [3.05, 3.63) is 29.8 Å². The summed E-state index contributed by atoms with van der Waals surface area (Å²) >= 11 is 0. The van der Waals surface area contributed by atoms with E-state index in [9.17, 15) is 4.79 Å². The Labute approximate surface area is 127 Å². The fourth-order valence-corrected chi connectivity index (χ4v) is 2.90. The summed E-state index contributed by atoms with van der Waals surface area (Å²) in [6.45, 7) is 6.99. The van der Waals surface area contributed by atoms with Crippen LogP contribution in [0, 0.1) is 5.92 Å². The van der Waals surface area contributed by atoms with E-state index in [2.05, 4.69) is 24.1 Å². The Morgan fingerprint density at radius 3 is 3.00 bits per heavy atom. The standard InChI is InChI=1S/C17H26N2O2/c1-13(2)12-19-9-5-8-16(19)17(20)18-11-14-6-4-7-15(10-14)21-3/h4,6-7,10,13,16H,5,8-9,11-12H2,1-3H3,(H,18,20)/t16-/m1/s1. The van der Waals surface area contributed by atoms with Crippen molar-refractivity contribution in [3.8, 4) is 5.75 Å². The topological polar surface area (TPSA) is 41.6 Å². The molecular weight excluding hydrogens is 264 g/mol. The van der Waals surface area contributed by atoms with Crippen LogP contribution in [0.4, 0.5) is 0 Å². The van der Waals surface area contributed by atoms with Gasteiger partial charge in [-0.3, -0.25) is 9.69 Å². The number of ether oxygens (including phenoxy) is 1. The highest BCUT2D eigenvalue weighted by Crippen LogP contribution is 2.19. The van der Waals surface area contributed by atoms with Crippen molar-refractivity contribution in [1.29, 1.82) is 0 Å². The molecule has 1 aliphatic rings. The van der Waals surface area contributed by atoms with Crippen molar-refractivity contribution in [2.75, 3.05) is 20.2 Å². The molecule has 1 aromatic rings. The lowest BCUT2D eigenvalue weighted by atomic mass is 10.1. The number of hydrogen-bond donors (Lipinski definition) is 1. The SMILES string of the molecule is COc1cccc(CNC(=O)[C@H]2CCCN2CC(C)C)c1. The van der Waals surface area contributed by atoms with E-state index in [-0.39, 0.29) is 11.9 Å². The molecule has 0 aliphatic carbocycles. The highest BCUT2D eigenvalue weighted by Gasteiger charge is 2.30. The van der Waals surface area contributed by atoms with Gasteiger partial charge in [0.05, 0.1) is 13.2 Å². The second-order valence-electron chi connectivity index (χ2n) is 6.12. The van der Waals surface area contributed by atoms with Gasteiger partial charge in [0.25, 0.3) is 0 Å². The average Bonchev–Trinajstić information content (AvgIpc) is 2.92. The first kappa shape index (κ1) is 15.8. The molecule has 1 heterocycles. The van der Waals surface area contributed by atoms with Crippen LogP contribution in [-0.2, 0) is 11.3 Å². The van der Waals surface area contributed by atoms with Gasteiger partial charge in [0.1, 0.15) is 5.75 Å². The molecule has 21 heavy (non-hydrogen) atoms. The van der Waals surface area contributed by atoms with Crippen LogP contribution in [0.25, 0.3) is 0 Å². The van der Waals surface area contributed by atoms with Crippen LogP contribution in [0.1, 0.15) is 32.3 Å². The van der Waals surface area contributed by atoms with E-state index >= 15 is 0 Å². The molecule has 0 spiro atoms. The molecule has 4 heteroatoms. The van der Waals surface area contributed by atoms with Crippen molar-refractivity contribution in [1.82, 2.24) is 10.2 Å². The van der Waals surface area contributed by atoms with Crippen molar-refractivity contribution >= 4 is 5.91 Å². The molecule has 116 valence electrons. The van der Waals surface area contributed by atoms with E-state index in [0.717, 1.165) is 37.2 Å². The summed E-state index contributed by atoms with van der Waals surface area (Å²) in [5, 5.41) is 3.06. The number of hydrogen-bond acceptors (Lipinski definition) is 3. The van der Waals surface area contributed by atoms with Gasteiger partial charge in [-0.05, 0) is 43.0 Å². The van der Waals surface area contributed by atoms with Crippen LogP contribution in [0.3, 0.4) is 0 Å². The smallest absolute Gasteiger partial charge is 0.237 e. The zero-order valence-corrected chi connectivity index (χ0v) is 13.3. The Kier molecular flexibility index (Phi) is 5.62. The van der Waals surface area contributed by atoms with Crippen LogP contribution < -0.4 is 10.1 Å². The zero-order chi connectivity index (χ0) is 15.2. The normalized spacial score (nSPS) is 19.0. The van der Waals surface area contributed by atoms with Crippen LogP contribution in [0.5, 0.6) is 5.75 Å². The van der Waals surface area contributed by atoms with Crippen LogP contribution in [0.2, 0.25) is 0 Å². The molecular formula is C17H26N2O2. The molecule has 1 atom stereocenters. The second kappa shape index (κ2) is 7.46. The third kappa shape index (κ3) is 4.46. The Balaban J connectivity index is 1.88. The highest BCUT2D eigenvalue weighted by molar-refractivity contribution is 5.82. The Hall–Kier alpha value is -1.55. The first-order chi connectivity index (χ1) is 10.1. The summed E-state index contributed by atoms with van der Waals surface area (Å²) in [6.07, 6.45) is 2.08. The lowest BCUT2D eigenvalue weighted by Gasteiger charge is -2.25. The highest BCUT2D eigenvalue weighted by atomic mass is 16.5. The predicted octanol–water partition coefficient (Wildman–Crippen LogP) is 2.43. The number of nitrogens with one attached hydrogen (secondary N) is 1. The molecule has 4 nitrogen and oxygen atoms in total. The number of likely N-dealkylation sites (tertiary alicyclic amines) is 1. The Morgan fingerprint density at radius 2 is 2.29 bits per heavy atom. The van der Waals surface area contributed by atoms with E-state index < -0.39 is 0 Å². The maximum absolute atomic E-state index is 12.4. The van der Waals surface area contributed by atoms with Gasteiger partial charge in [0.15, 0.2) is 0 Å². The van der Waals surface area contributed by atoms with Gasteiger partial charge in [-0.15, -0.1) is 0 Å². The largest absolute Gasteiger partial charge is 0.497 e.